The van der Waals surface area contributed by atoms with Crippen molar-refractivity contribution >= 4 is 23.0 Å². The average Bonchev–Trinajstić information content (AvgIpc) is 3.27. The Morgan fingerprint density at radius 3 is 2.92 bits per heavy atom. The first kappa shape index (κ1) is 17.8. The Kier molecular flexibility index (Phi) is 5.62. The van der Waals surface area contributed by atoms with E-state index in [2.05, 4.69) is 26.5 Å². The summed E-state index contributed by atoms with van der Waals surface area (Å²) < 4.78 is 0. The van der Waals surface area contributed by atoms with Crippen LogP contribution in [0.3, 0.4) is 0 Å². The van der Waals surface area contributed by atoms with E-state index in [-0.39, 0.29) is 30.0 Å². The van der Waals surface area contributed by atoms with E-state index in [1.807, 2.05) is 6.07 Å². The van der Waals surface area contributed by atoms with Crippen molar-refractivity contribution < 1.29 is 14.7 Å². The Balaban J connectivity index is 1.67. The Morgan fingerprint density at radius 1 is 1.44 bits per heavy atom. The number of ketones is 1. The fraction of sp³-hybridized carbons (Fsp3) is 0.471. The molecule has 0 saturated carbocycles. The predicted octanol–water partition coefficient (Wildman–Crippen LogP) is 1.38. The molecule has 25 heavy (non-hydrogen) atoms. The molecular weight excluding hydrogens is 340 g/mol. The van der Waals surface area contributed by atoms with Gasteiger partial charge in [0, 0.05) is 50.6 Å². The standard InChI is InChI=1S/C17H22N4O3S/c1-12(23)15-9-16(19-18-15)17(24)21-6-5-20(13(10-21)4-7-22)11-14-3-2-8-25-14/h2-3,8-9,13,22H,4-7,10-11H2,1H3,(H,18,19)/t13-/m1/s1. The number of amides is 1. The highest BCUT2D eigenvalue weighted by Crippen LogP contribution is 2.20. The van der Waals surface area contributed by atoms with Crippen molar-refractivity contribution in [3.8, 4) is 0 Å². The SMILES string of the molecule is CC(=O)c1cc(C(=O)N2CCN(Cc3cccs3)[C@H](CCO)C2)[nH]n1. The third kappa shape index (κ3) is 4.15. The molecule has 0 radical (unpaired) electrons. The topological polar surface area (TPSA) is 89.5 Å². The number of nitrogens with zero attached hydrogens (tertiary/aromatic N) is 3. The molecule has 7 nitrogen and oxygen atoms in total. The number of nitrogens with one attached hydrogen (secondary N) is 1. The van der Waals surface area contributed by atoms with Crippen molar-refractivity contribution in [1.29, 1.82) is 0 Å². The van der Waals surface area contributed by atoms with Crippen LogP contribution in [0.15, 0.2) is 23.6 Å². The normalized spacial score (nSPS) is 18.5. The molecule has 1 fully saturated rings. The molecule has 1 saturated heterocycles. The van der Waals surface area contributed by atoms with Crippen molar-refractivity contribution in [3.05, 3.63) is 39.8 Å². The molecule has 1 amide bonds. The zero-order valence-corrected chi connectivity index (χ0v) is 15.0. The van der Waals surface area contributed by atoms with Gasteiger partial charge in [0.2, 0.25) is 0 Å². The predicted molar refractivity (Wildman–Crippen MR) is 94.7 cm³/mol. The highest BCUT2D eigenvalue weighted by molar-refractivity contribution is 7.09. The highest BCUT2D eigenvalue weighted by atomic mass is 32.1. The van der Waals surface area contributed by atoms with Crippen LogP contribution in [0.1, 0.15) is 39.2 Å². The number of carbonyl (C=O) groups is 2. The number of hydrogen-bond acceptors (Lipinski definition) is 6. The lowest BCUT2D eigenvalue weighted by molar-refractivity contribution is 0.0394. The minimum Gasteiger partial charge on any atom is -0.396 e. The molecule has 1 aliphatic rings. The zero-order valence-electron chi connectivity index (χ0n) is 14.1. The molecule has 0 spiro atoms. The summed E-state index contributed by atoms with van der Waals surface area (Å²) in [5.41, 5.74) is 0.603. The van der Waals surface area contributed by atoms with Gasteiger partial charge in [-0.15, -0.1) is 11.3 Å². The molecule has 134 valence electrons. The number of hydrogen-bond donors (Lipinski definition) is 2. The lowest BCUT2D eigenvalue weighted by Gasteiger charge is -2.41. The van der Waals surface area contributed by atoms with Crippen LogP contribution >= 0.6 is 11.3 Å². The average molecular weight is 362 g/mol. The first-order valence-electron chi connectivity index (χ1n) is 8.31. The van der Waals surface area contributed by atoms with Crippen LogP contribution in [-0.2, 0) is 6.54 Å². The van der Waals surface area contributed by atoms with E-state index in [4.69, 9.17) is 0 Å². The quantitative estimate of drug-likeness (QED) is 0.758. The molecule has 1 atom stereocenters. The van der Waals surface area contributed by atoms with E-state index in [0.717, 1.165) is 13.1 Å². The zero-order chi connectivity index (χ0) is 17.8. The molecule has 0 aliphatic carbocycles. The molecule has 0 bridgehead atoms. The molecule has 0 unspecified atom stereocenters. The van der Waals surface area contributed by atoms with Crippen LogP contribution < -0.4 is 0 Å². The minimum absolute atomic E-state index is 0.0895. The van der Waals surface area contributed by atoms with Crippen molar-refractivity contribution in [1.82, 2.24) is 20.0 Å². The first-order valence-corrected chi connectivity index (χ1v) is 9.19. The Morgan fingerprint density at radius 2 is 2.28 bits per heavy atom. The molecular formula is C17H22N4O3S. The maximum Gasteiger partial charge on any atom is 0.271 e. The summed E-state index contributed by atoms with van der Waals surface area (Å²) in [5.74, 6) is -0.326. The number of aromatic amines is 1. The summed E-state index contributed by atoms with van der Waals surface area (Å²) in [5, 5.41) is 18.0. The number of H-pyrrole nitrogens is 1. The number of rotatable bonds is 6. The monoisotopic (exact) mass is 362 g/mol. The summed E-state index contributed by atoms with van der Waals surface area (Å²) in [6, 6.07) is 5.75. The highest BCUT2D eigenvalue weighted by Gasteiger charge is 2.30. The van der Waals surface area contributed by atoms with Gasteiger partial charge in [0.25, 0.3) is 5.91 Å². The van der Waals surface area contributed by atoms with E-state index in [9.17, 15) is 14.7 Å². The molecule has 3 heterocycles. The van der Waals surface area contributed by atoms with Crippen LogP contribution in [0, 0.1) is 0 Å². The first-order chi connectivity index (χ1) is 12.1. The number of thiophene rings is 1. The van der Waals surface area contributed by atoms with Crippen LogP contribution in [0.5, 0.6) is 0 Å². The summed E-state index contributed by atoms with van der Waals surface area (Å²) in [4.78, 5) is 29.4. The van der Waals surface area contributed by atoms with E-state index >= 15 is 0 Å². The second kappa shape index (κ2) is 7.90. The third-order valence-electron chi connectivity index (χ3n) is 4.46. The fourth-order valence-corrected chi connectivity index (χ4v) is 3.82. The maximum atomic E-state index is 12.7. The summed E-state index contributed by atoms with van der Waals surface area (Å²) in [6.07, 6.45) is 0.622. The van der Waals surface area contributed by atoms with E-state index < -0.39 is 0 Å². The second-order valence-electron chi connectivity index (χ2n) is 6.19. The molecule has 8 heteroatoms. The van der Waals surface area contributed by atoms with Crippen molar-refractivity contribution in [2.45, 2.75) is 25.9 Å². The molecule has 0 aromatic carbocycles. The summed E-state index contributed by atoms with van der Waals surface area (Å²) in [6.45, 7) is 4.27. The number of aliphatic hydroxyl groups excluding tert-OH is 1. The van der Waals surface area contributed by atoms with Gasteiger partial charge in [-0.1, -0.05) is 6.07 Å². The number of aliphatic hydroxyl groups is 1. The molecule has 2 aromatic heterocycles. The second-order valence-corrected chi connectivity index (χ2v) is 7.22. The number of aromatic nitrogens is 2. The van der Waals surface area contributed by atoms with Gasteiger partial charge < -0.3 is 10.0 Å². The van der Waals surface area contributed by atoms with Gasteiger partial charge in [0.1, 0.15) is 11.4 Å². The maximum absolute atomic E-state index is 12.7. The van der Waals surface area contributed by atoms with Gasteiger partial charge in [-0.05, 0) is 23.9 Å². The fourth-order valence-electron chi connectivity index (χ4n) is 3.09. The molecule has 3 rings (SSSR count). The molecule has 2 N–H and O–H groups in total. The Bertz CT molecular complexity index is 728. The number of piperazine rings is 1. The van der Waals surface area contributed by atoms with E-state index in [1.165, 1.54) is 17.9 Å². The van der Waals surface area contributed by atoms with Crippen molar-refractivity contribution in [2.75, 3.05) is 26.2 Å². The van der Waals surface area contributed by atoms with Crippen LogP contribution in [0.25, 0.3) is 0 Å². The lowest BCUT2D eigenvalue weighted by atomic mass is 10.1. The largest absolute Gasteiger partial charge is 0.396 e. The van der Waals surface area contributed by atoms with Crippen molar-refractivity contribution in [3.63, 3.8) is 0 Å². The lowest BCUT2D eigenvalue weighted by Crippen LogP contribution is -2.54. The van der Waals surface area contributed by atoms with Gasteiger partial charge in [-0.3, -0.25) is 19.6 Å². The van der Waals surface area contributed by atoms with Crippen LogP contribution in [-0.4, -0.2) is 69.1 Å². The smallest absolute Gasteiger partial charge is 0.271 e. The van der Waals surface area contributed by atoms with Gasteiger partial charge in [0.05, 0.1) is 0 Å². The van der Waals surface area contributed by atoms with E-state index in [1.54, 1.807) is 16.2 Å². The van der Waals surface area contributed by atoms with Gasteiger partial charge in [0.15, 0.2) is 5.78 Å². The molecule has 1 aliphatic heterocycles. The Labute approximate surface area is 150 Å². The summed E-state index contributed by atoms with van der Waals surface area (Å²) in [7, 11) is 0. The summed E-state index contributed by atoms with van der Waals surface area (Å²) >= 11 is 1.72. The van der Waals surface area contributed by atoms with Crippen LogP contribution in [0.2, 0.25) is 0 Å². The van der Waals surface area contributed by atoms with Crippen molar-refractivity contribution in [2.24, 2.45) is 0 Å². The molecule has 2 aromatic rings. The minimum atomic E-state index is -0.172. The van der Waals surface area contributed by atoms with Gasteiger partial charge in [-0.2, -0.15) is 5.10 Å². The van der Waals surface area contributed by atoms with Crippen LogP contribution in [0.4, 0.5) is 0 Å². The Hall–Kier alpha value is -2.03. The van der Waals surface area contributed by atoms with Gasteiger partial charge >= 0.3 is 0 Å². The van der Waals surface area contributed by atoms with E-state index in [0.29, 0.717) is 25.2 Å². The van der Waals surface area contributed by atoms with Gasteiger partial charge in [-0.25, -0.2) is 0 Å². The number of carbonyl (C=O) groups excluding carboxylic acids is 2. The number of Topliss-reactive ketones (excluding diaryl/α,β-unsaturated/α-hetero) is 1. The third-order valence-corrected chi connectivity index (χ3v) is 5.32.